The number of rotatable bonds is 9. The first-order valence-corrected chi connectivity index (χ1v) is 9.34. The number of ether oxygens (including phenoxy) is 2. The topological polar surface area (TPSA) is 72.8 Å². The number of benzene rings is 1. The van der Waals surface area contributed by atoms with E-state index < -0.39 is 21.3 Å². The molecule has 1 rings (SSSR count). The minimum absolute atomic E-state index is 0.247. The van der Waals surface area contributed by atoms with Crippen LogP contribution < -0.4 is 4.74 Å². The molecule has 0 unspecified atom stereocenters. The fourth-order valence-electron chi connectivity index (χ4n) is 2.08. The Labute approximate surface area is 139 Å². The monoisotopic (exact) mass is 344 g/mol. The maximum atomic E-state index is 10.8. The van der Waals surface area contributed by atoms with Crippen LogP contribution in [0, 0.1) is 6.92 Å². The van der Waals surface area contributed by atoms with Crippen LogP contribution >= 0.6 is 0 Å². The molecule has 0 spiro atoms. The summed E-state index contributed by atoms with van der Waals surface area (Å²) < 4.78 is 42.1. The first-order valence-electron chi connectivity index (χ1n) is 7.73. The molecule has 0 atom stereocenters. The molecule has 1 aromatic rings. The molecule has 0 radical (unpaired) electrons. The molecule has 0 heterocycles. The molecule has 0 aliphatic rings. The second-order valence-corrected chi connectivity index (χ2v) is 8.68. The Hall–Kier alpha value is -1.11. The summed E-state index contributed by atoms with van der Waals surface area (Å²) in [5.74, 6) is 0.539. The van der Waals surface area contributed by atoms with E-state index in [1.165, 1.54) is 5.56 Å². The van der Waals surface area contributed by atoms with Gasteiger partial charge in [0.25, 0.3) is 10.1 Å². The van der Waals surface area contributed by atoms with Crippen LogP contribution in [-0.4, -0.2) is 36.5 Å². The Bertz CT molecular complexity index is 588. The standard InChI is InChI=1S/C17H28O5S/c1-14-7-9-15(10-8-14)22-17(4,5)13-21-16(2,3)11-6-12-23(18,19)20/h7-10H,6,11-13H2,1-5H3,(H,18,19,20). The Morgan fingerprint density at radius 1 is 1.04 bits per heavy atom. The van der Waals surface area contributed by atoms with E-state index >= 15 is 0 Å². The van der Waals surface area contributed by atoms with Crippen LogP contribution in [-0.2, 0) is 14.9 Å². The van der Waals surface area contributed by atoms with Crippen LogP contribution in [0.4, 0.5) is 0 Å². The summed E-state index contributed by atoms with van der Waals surface area (Å²) in [7, 11) is -3.91. The highest BCUT2D eigenvalue weighted by Crippen LogP contribution is 2.23. The Morgan fingerprint density at radius 3 is 2.13 bits per heavy atom. The van der Waals surface area contributed by atoms with Crippen LogP contribution in [0.1, 0.15) is 46.1 Å². The lowest BCUT2D eigenvalue weighted by Crippen LogP contribution is -2.39. The van der Waals surface area contributed by atoms with Gasteiger partial charge in [0.05, 0.1) is 18.0 Å². The van der Waals surface area contributed by atoms with E-state index in [4.69, 9.17) is 14.0 Å². The third kappa shape index (κ3) is 8.93. The van der Waals surface area contributed by atoms with Crippen molar-refractivity contribution < 1.29 is 22.4 Å². The van der Waals surface area contributed by atoms with Crippen molar-refractivity contribution >= 4 is 10.1 Å². The van der Waals surface area contributed by atoms with E-state index in [-0.39, 0.29) is 5.75 Å². The summed E-state index contributed by atoms with van der Waals surface area (Å²) in [6, 6.07) is 7.83. The number of aryl methyl sites for hydroxylation is 1. The average molecular weight is 344 g/mol. The van der Waals surface area contributed by atoms with Crippen LogP contribution in [0.3, 0.4) is 0 Å². The summed E-state index contributed by atoms with van der Waals surface area (Å²) in [5.41, 5.74) is 0.181. The third-order valence-electron chi connectivity index (χ3n) is 3.41. The molecule has 0 aliphatic heterocycles. The SMILES string of the molecule is Cc1ccc(OC(C)(C)COC(C)(C)CCCS(=O)(=O)O)cc1. The smallest absolute Gasteiger partial charge is 0.264 e. The van der Waals surface area contributed by atoms with Gasteiger partial charge in [-0.1, -0.05) is 17.7 Å². The largest absolute Gasteiger partial charge is 0.485 e. The van der Waals surface area contributed by atoms with Crippen molar-refractivity contribution in [2.75, 3.05) is 12.4 Å². The normalized spacial score (nSPS) is 13.1. The number of hydrogen-bond donors (Lipinski definition) is 1. The van der Waals surface area contributed by atoms with Gasteiger partial charge in [0, 0.05) is 0 Å². The van der Waals surface area contributed by atoms with E-state index in [0.29, 0.717) is 19.4 Å². The molecule has 0 aliphatic carbocycles. The molecule has 5 nitrogen and oxygen atoms in total. The van der Waals surface area contributed by atoms with Crippen molar-refractivity contribution in [1.82, 2.24) is 0 Å². The van der Waals surface area contributed by atoms with Crippen molar-refractivity contribution in [1.29, 1.82) is 0 Å². The average Bonchev–Trinajstić information content (AvgIpc) is 2.38. The molecule has 0 bridgehead atoms. The van der Waals surface area contributed by atoms with Crippen LogP contribution in [0.15, 0.2) is 24.3 Å². The van der Waals surface area contributed by atoms with Gasteiger partial charge in [-0.05, 0) is 59.6 Å². The van der Waals surface area contributed by atoms with E-state index in [1.807, 2.05) is 58.9 Å². The first kappa shape index (κ1) is 19.9. The fraction of sp³-hybridized carbons (Fsp3) is 0.647. The Morgan fingerprint density at radius 2 is 1.61 bits per heavy atom. The zero-order valence-corrected chi connectivity index (χ0v) is 15.4. The van der Waals surface area contributed by atoms with Crippen LogP contribution in [0.5, 0.6) is 5.75 Å². The van der Waals surface area contributed by atoms with Crippen molar-refractivity contribution in [2.45, 2.75) is 58.7 Å². The lowest BCUT2D eigenvalue weighted by molar-refractivity contribution is -0.0846. The van der Waals surface area contributed by atoms with Gasteiger partial charge in [-0.2, -0.15) is 8.42 Å². The molecule has 0 aromatic heterocycles. The first-order chi connectivity index (χ1) is 10.4. The summed E-state index contributed by atoms with van der Waals surface area (Å²) >= 11 is 0. The maximum Gasteiger partial charge on any atom is 0.264 e. The zero-order valence-electron chi connectivity index (χ0n) is 14.6. The molecule has 1 aromatic carbocycles. The lowest BCUT2D eigenvalue weighted by atomic mass is 10.0. The minimum atomic E-state index is -3.91. The highest BCUT2D eigenvalue weighted by atomic mass is 32.2. The van der Waals surface area contributed by atoms with Gasteiger partial charge < -0.3 is 9.47 Å². The van der Waals surface area contributed by atoms with Crippen molar-refractivity contribution in [3.05, 3.63) is 29.8 Å². The molecular formula is C17H28O5S. The van der Waals surface area contributed by atoms with Gasteiger partial charge in [0.15, 0.2) is 0 Å². The van der Waals surface area contributed by atoms with Gasteiger partial charge in [-0.15, -0.1) is 0 Å². The summed E-state index contributed by atoms with van der Waals surface area (Å²) in [6.07, 6.45) is 0.887. The number of hydrogen-bond acceptors (Lipinski definition) is 4. The van der Waals surface area contributed by atoms with Crippen molar-refractivity contribution in [3.63, 3.8) is 0 Å². The predicted octanol–water partition coefficient (Wildman–Crippen LogP) is 3.62. The summed E-state index contributed by atoms with van der Waals surface area (Å²) in [5, 5.41) is 0. The van der Waals surface area contributed by atoms with Gasteiger partial charge in [-0.3, -0.25) is 4.55 Å². The highest BCUT2D eigenvalue weighted by molar-refractivity contribution is 7.85. The molecule has 132 valence electrons. The maximum absolute atomic E-state index is 10.8. The van der Waals surface area contributed by atoms with Crippen molar-refractivity contribution in [2.24, 2.45) is 0 Å². The molecule has 0 fully saturated rings. The van der Waals surface area contributed by atoms with Gasteiger partial charge in [0.2, 0.25) is 0 Å². The summed E-state index contributed by atoms with van der Waals surface area (Å²) in [4.78, 5) is 0. The van der Waals surface area contributed by atoms with E-state index in [9.17, 15) is 8.42 Å². The Kier molecular flexibility index (Phi) is 6.62. The lowest BCUT2D eigenvalue weighted by Gasteiger charge is -2.32. The predicted molar refractivity (Wildman–Crippen MR) is 91.6 cm³/mol. The van der Waals surface area contributed by atoms with Gasteiger partial charge in [-0.25, -0.2) is 0 Å². The quantitative estimate of drug-likeness (QED) is 0.693. The minimum Gasteiger partial charge on any atom is -0.485 e. The highest BCUT2D eigenvalue weighted by Gasteiger charge is 2.26. The zero-order chi connectivity index (χ0) is 17.7. The van der Waals surface area contributed by atoms with Crippen LogP contribution in [0.25, 0.3) is 0 Å². The van der Waals surface area contributed by atoms with Crippen molar-refractivity contribution in [3.8, 4) is 5.75 Å². The molecule has 23 heavy (non-hydrogen) atoms. The molecule has 0 saturated carbocycles. The second-order valence-electron chi connectivity index (χ2n) is 7.11. The molecule has 1 N–H and O–H groups in total. The van der Waals surface area contributed by atoms with Gasteiger partial charge in [0.1, 0.15) is 11.4 Å². The molecule has 0 saturated heterocycles. The molecule has 0 amide bonds. The molecular weight excluding hydrogens is 316 g/mol. The summed E-state index contributed by atoms with van der Waals surface area (Å²) in [6.45, 7) is 10.1. The van der Waals surface area contributed by atoms with Crippen LogP contribution in [0.2, 0.25) is 0 Å². The molecule has 6 heteroatoms. The van der Waals surface area contributed by atoms with E-state index in [0.717, 1.165) is 5.75 Å². The van der Waals surface area contributed by atoms with Gasteiger partial charge >= 0.3 is 0 Å². The third-order valence-corrected chi connectivity index (χ3v) is 4.21. The fourth-order valence-corrected chi connectivity index (χ4v) is 2.59. The van der Waals surface area contributed by atoms with E-state index in [2.05, 4.69) is 0 Å². The van der Waals surface area contributed by atoms with E-state index in [1.54, 1.807) is 0 Å². The Balaban J connectivity index is 2.48. The second kappa shape index (κ2) is 7.64.